The third-order valence-corrected chi connectivity index (χ3v) is 4.21. The molecular formula is C9H20ClN3O5P+. The van der Waals surface area contributed by atoms with Crippen molar-refractivity contribution in [2.45, 2.75) is 20.8 Å². The van der Waals surface area contributed by atoms with Crippen molar-refractivity contribution in [1.29, 1.82) is 0 Å². The van der Waals surface area contributed by atoms with Crippen molar-refractivity contribution in [3.05, 3.63) is 4.91 Å². The van der Waals surface area contributed by atoms with Gasteiger partial charge < -0.3 is 4.89 Å². The lowest BCUT2D eigenvalue weighted by Gasteiger charge is -2.32. The van der Waals surface area contributed by atoms with Crippen molar-refractivity contribution in [3.63, 3.8) is 0 Å². The highest BCUT2D eigenvalue weighted by atomic mass is 35.5. The van der Waals surface area contributed by atoms with Crippen LogP contribution in [0.15, 0.2) is 5.29 Å². The summed E-state index contributed by atoms with van der Waals surface area (Å²) < 4.78 is 16.0. The first kappa shape index (κ1) is 18.5. The largest absolute Gasteiger partial charge is 0.475 e. The zero-order valence-corrected chi connectivity index (χ0v) is 12.9. The van der Waals surface area contributed by atoms with E-state index in [-0.39, 0.29) is 31.7 Å². The van der Waals surface area contributed by atoms with Crippen molar-refractivity contribution in [1.82, 2.24) is 5.01 Å². The van der Waals surface area contributed by atoms with Crippen LogP contribution in [0.5, 0.6) is 0 Å². The molecule has 0 heterocycles. The molecule has 0 rings (SSSR count). The Morgan fingerprint density at radius 3 is 2.26 bits per heavy atom. The summed E-state index contributed by atoms with van der Waals surface area (Å²) in [4.78, 5) is 32.4. The highest BCUT2D eigenvalue weighted by Crippen LogP contribution is 2.45. The van der Waals surface area contributed by atoms with E-state index >= 15 is 0 Å². The van der Waals surface area contributed by atoms with Crippen molar-refractivity contribution in [3.8, 4) is 0 Å². The van der Waals surface area contributed by atoms with Gasteiger partial charge in [-0.05, 0) is 13.8 Å². The molecule has 0 spiro atoms. The first-order valence-corrected chi connectivity index (χ1v) is 8.23. The number of halogens is 1. The first-order chi connectivity index (χ1) is 8.82. The standard InChI is InChI=1S/C9H19ClN3O5P/c1-4-13(5-2,18-19(16,17)6-3)9(14)12(11-15)8-7-10/h4-8H2,1-3H3/p+1. The van der Waals surface area contributed by atoms with Crippen LogP contribution in [0.1, 0.15) is 20.8 Å². The Balaban J connectivity index is 5.32. The van der Waals surface area contributed by atoms with Crippen LogP contribution in [0.4, 0.5) is 4.79 Å². The van der Waals surface area contributed by atoms with Gasteiger partial charge in [0.25, 0.3) is 0 Å². The minimum Gasteiger partial charge on any atom is -0.321 e. The van der Waals surface area contributed by atoms with Crippen molar-refractivity contribution >= 4 is 25.2 Å². The lowest BCUT2D eigenvalue weighted by Crippen LogP contribution is -2.56. The van der Waals surface area contributed by atoms with Gasteiger partial charge in [0.05, 0.1) is 18.0 Å². The SMILES string of the molecule is CC[N+](CC)(OP(=O)(O)CC)C(=O)N(CCCl)N=O. The second-order valence-corrected chi connectivity index (χ2v) is 6.18. The zero-order valence-electron chi connectivity index (χ0n) is 11.3. The van der Waals surface area contributed by atoms with E-state index in [1.165, 1.54) is 6.92 Å². The predicted octanol–water partition coefficient (Wildman–Crippen LogP) is 2.32. The number of urea groups is 1. The Labute approximate surface area is 117 Å². The Morgan fingerprint density at radius 2 is 1.95 bits per heavy atom. The van der Waals surface area contributed by atoms with E-state index in [9.17, 15) is 19.2 Å². The molecule has 1 atom stereocenters. The molecule has 1 N–H and O–H groups in total. The van der Waals surface area contributed by atoms with Gasteiger partial charge in [-0.15, -0.1) is 26.1 Å². The summed E-state index contributed by atoms with van der Waals surface area (Å²) in [7, 11) is -3.90. The molecule has 2 amide bonds. The monoisotopic (exact) mass is 316 g/mol. The van der Waals surface area contributed by atoms with Gasteiger partial charge in [-0.3, -0.25) is 4.57 Å². The van der Waals surface area contributed by atoms with Gasteiger partial charge in [-0.2, -0.15) is 0 Å². The van der Waals surface area contributed by atoms with E-state index in [1.807, 2.05) is 0 Å². The second kappa shape index (κ2) is 7.91. The number of hydroxylamine groups is 3. The summed E-state index contributed by atoms with van der Waals surface area (Å²) in [6.07, 6.45) is -0.135. The first-order valence-electron chi connectivity index (χ1n) is 5.94. The van der Waals surface area contributed by atoms with Crippen LogP contribution in [0.3, 0.4) is 0 Å². The summed E-state index contributed by atoms with van der Waals surface area (Å²) in [5.41, 5.74) is 0. The molecule has 112 valence electrons. The minimum absolute atomic E-state index is 0.0233. The Morgan fingerprint density at radius 1 is 1.42 bits per heavy atom. The maximum atomic E-state index is 12.2. The average molecular weight is 317 g/mol. The number of carbonyl (C=O) groups excluding carboxylic acids is 1. The lowest BCUT2D eigenvalue weighted by molar-refractivity contribution is -1.02. The quantitative estimate of drug-likeness (QED) is 0.244. The number of rotatable bonds is 8. The van der Waals surface area contributed by atoms with Crippen LogP contribution in [0.25, 0.3) is 0 Å². The average Bonchev–Trinajstić information content (AvgIpc) is 2.41. The Kier molecular flexibility index (Phi) is 7.69. The maximum absolute atomic E-state index is 12.2. The molecule has 0 radical (unpaired) electrons. The van der Waals surface area contributed by atoms with Gasteiger partial charge in [-0.25, -0.2) is 4.79 Å². The molecule has 0 aromatic rings. The van der Waals surface area contributed by atoms with Crippen LogP contribution >= 0.6 is 19.2 Å². The number of nitroso groups, excluding NO2 is 1. The second-order valence-electron chi connectivity index (χ2n) is 3.73. The molecule has 0 bridgehead atoms. The van der Waals surface area contributed by atoms with Crippen molar-refractivity contribution in [2.75, 3.05) is 31.7 Å². The van der Waals surface area contributed by atoms with E-state index in [0.29, 0.717) is 5.01 Å². The highest BCUT2D eigenvalue weighted by Gasteiger charge is 2.46. The molecule has 0 aliphatic rings. The fourth-order valence-electron chi connectivity index (χ4n) is 1.41. The number of hydrogen-bond acceptors (Lipinski definition) is 5. The van der Waals surface area contributed by atoms with E-state index in [1.54, 1.807) is 13.8 Å². The molecular weight excluding hydrogens is 297 g/mol. The smallest absolute Gasteiger partial charge is 0.321 e. The van der Waals surface area contributed by atoms with Crippen molar-refractivity contribution in [2.24, 2.45) is 5.29 Å². The van der Waals surface area contributed by atoms with Crippen LogP contribution in [-0.2, 0) is 9.19 Å². The molecule has 1 unspecified atom stereocenters. The summed E-state index contributed by atoms with van der Waals surface area (Å²) >= 11 is 5.47. The normalized spacial score (nSPS) is 14.8. The number of alkyl halides is 1. The predicted molar refractivity (Wildman–Crippen MR) is 71.4 cm³/mol. The molecule has 0 aromatic carbocycles. The number of quaternary nitrogens is 1. The number of carbonyl (C=O) groups is 1. The number of hydrogen-bond donors (Lipinski definition) is 1. The summed E-state index contributed by atoms with van der Waals surface area (Å²) in [5, 5.41) is 3.18. The van der Waals surface area contributed by atoms with Gasteiger partial charge in [0.1, 0.15) is 13.1 Å². The number of nitrogens with zero attached hydrogens (tertiary/aromatic N) is 3. The van der Waals surface area contributed by atoms with E-state index in [0.717, 1.165) is 0 Å². The Hall–Kier alpha value is -0.530. The maximum Gasteiger partial charge on any atom is 0.475 e. The van der Waals surface area contributed by atoms with E-state index in [2.05, 4.69) is 5.29 Å². The molecule has 0 fully saturated rings. The van der Waals surface area contributed by atoms with E-state index in [4.69, 9.17) is 16.2 Å². The van der Waals surface area contributed by atoms with Gasteiger partial charge in [0.2, 0.25) is 0 Å². The van der Waals surface area contributed by atoms with Gasteiger partial charge in [0.15, 0.2) is 0 Å². The number of amides is 2. The molecule has 0 aliphatic carbocycles. The topological polar surface area (TPSA) is 96.3 Å². The summed E-state index contributed by atoms with van der Waals surface area (Å²) in [5.74, 6) is 0.0233. The van der Waals surface area contributed by atoms with Crippen LogP contribution in [0, 0.1) is 4.91 Å². The van der Waals surface area contributed by atoms with Crippen LogP contribution in [-0.4, -0.2) is 52.3 Å². The van der Waals surface area contributed by atoms with Crippen LogP contribution in [0.2, 0.25) is 0 Å². The highest BCUT2D eigenvalue weighted by molar-refractivity contribution is 7.52. The van der Waals surface area contributed by atoms with Gasteiger partial charge in [-0.1, -0.05) is 11.6 Å². The summed E-state index contributed by atoms with van der Waals surface area (Å²) in [6, 6.07) is -0.802. The molecule has 0 aliphatic heterocycles. The van der Waals surface area contributed by atoms with Crippen LogP contribution < -0.4 is 0 Å². The molecule has 8 nitrogen and oxygen atoms in total. The van der Waals surface area contributed by atoms with E-state index < -0.39 is 18.3 Å². The molecule has 0 aromatic heterocycles. The van der Waals surface area contributed by atoms with Gasteiger partial charge >= 0.3 is 13.6 Å². The minimum atomic E-state index is -3.90. The fourth-order valence-corrected chi connectivity index (χ4v) is 2.47. The third-order valence-electron chi connectivity index (χ3n) is 2.67. The third kappa shape index (κ3) is 4.81. The molecule has 10 heteroatoms. The molecule has 0 saturated carbocycles. The molecule has 0 saturated heterocycles. The van der Waals surface area contributed by atoms with Gasteiger partial charge in [0, 0.05) is 5.88 Å². The summed E-state index contributed by atoms with van der Waals surface area (Å²) in [6.45, 7) is 4.79. The zero-order chi connectivity index (χ0) is 15.1. The fraction of sp³-hybridized carbons (Fsp3) is 0.889. The van der Waals surface area contributed by atoms with Crippen molar-refractivity contribution < 1.29 is 23.5 Å². The lowest BCUT2D eigenvalue weighted by atomic mass is 10.5. The molecule has 19 heavy (non-hydrogen) atoms. The Bertz CT molecular complexity index is 364.